The third-order valence-corrected chi connectivity index (χ3v) is 3.17. The maximum Gasteiger partial charge on any atom is 0.311 e. The van der Waals surface area contributed by atoms with Gasteiger partial charge in [-0.2, -0.15) is 0 Å². The van der Waals surface area contributed by atoms with Crippen LogP contribution in [-0.4, -0.2) is 16.2 Å². The van der Waals surface area contributed by atoms with Crippen LogP contribution >= 0.6 is 11.8 Å². The molecule has 0 bridgehead atoms. The second-order valence-electron chi connectivity index (χ2n) is 3.11. The van der Waals surface area contributed by atoms with E-state index in [1.54, 1.807) is 18.2 Å². The van der Waals surface area contributed by atoms with Gasteiger partial charge in [0.15, 0.2) is 5.12 Å². The fourth-order valence-electron chi connectivity index (χ4n) is 1.52. The molecule has 0 saturated heterocycles. The number of carboxylic acids is 1. The Labute approximate surface area is 85.1 Å². The monoisotopic (exact) mass is 208 g/mol. The van der Waals surface area contributed by atoms with E-state index in [4.69, 9.17) is 5.11 Å². The van der Waals surface area contributed by atoms with Crippen molar-refractivity contribution < 1.29 is 14.7 Å². The second kappa shape index (κ2) is 3.46. The Bertz CT molecular complexity index is 400. The summed E-state index contributed by atoms with van der Waals surface area (Å²) in [5, 5.41) is 8.87. The number of carbonyl (C=O) groups is 2. The lowest BCUT2D eigenvalue weighted by atomic mass is 9.96. The molecule has 1 atom stereocenters. The van der Waals surface area contributed by atoms with Crippen molar-refractivity contribution in [3.63, 3.8) is 0 Å². The summed E-state index contributed by atoms with van der Waals surface area (Å²) in [6.45, 7) is 0. The molecule has 0 amide bonds. The third-order valence-electron chi connectivity index (χ3n) is 2.19. The molecule has 0 spiro atoms. The number of carboxylic acid groups (broad SMARTS) is 1. The fraction of sp³-hybridized carbons (Fsp3) is 0.200. The molecule has 2 rings (SSSR count). The first-order valence-corrected chi connectivity index (χ1v) is 5.02. The van der Waals surface area contributed by atoms with Gasteiger partial charge in [0.2, 0.25) is 0 Å². The maximum atomic E-state index is 11.2. The van der Waals surface area contributed by atoms with Crippen LogP contribution in [0.25, 0.3) is 0 Å². The Morgan fingerprint density at radius 3 is 2.86 bits per heavy atom. The minimum absolute atomic E-state index is 0.0731. The average molecular weight is 208 g/mol. The van der Waals surface area contributed by atoms with Crippen LogP contribution in [0.2, 0.25) is 0 Å². The molecule has 0 aromatic heterocycles. The van der Waals surface area contributed by atoms with Gasteiger partial charge in [0.1, 0.15) is 0 Å². The van der Waals surface area contributed by atoms with Gasteiger partial charge in [-0.1, -0.05) is 30.0 Å². The molecular weight excluding hydrogens is 200 g/mol. The molecule has 4 heteroatoms. The molecule has 0 aliphatic carbocycles. The Hall–Kier alpha value is -1.29. The molecule has 1 aliphatic rings. The van der Waals surface area contributed by atoms with Crippen molar-refractivity contribution in [3.8, 4) is 0 Å². The number of rotatable bonds is 1. The molecule has 0 fully saturated rings. The highest BCUT2D eigenvalue weighted by atomic mass is 32.2. The lowest BCUT2D eigenvalue weighted by Gasteiger charge is -2.20. The number of benzene rings is 1. The van der Waals surface area contributed by atoms with Gasteiger partial charge in [-0.05, 0) is 11.6 Å². The average Bonchev–Trinajstić information content (AvgIpc) is 2.16. The molecule has 1 N–H and O–H groups in total. The first kappa shape index (κ1) is 9.27. The number of fused-ring (bicyclic) bond motifs is 1. The predicted octanol–water partition coefficient (Wildman–Crippen LogP) is 1.88. The molecule has 72 valence electrons. The van der Waals surface area contributed by atoms with Crippen molar-refractivity contribution in [2.75, 3.05) is 0 Å². The Morgan fingerprint density at radius 2 is 2.14 bits per heavy atom. The third kappa shape index (κ3) is 1.53. The van der Waals surface area contributed by atoms with Crippen molar-refractivity contribution in [3.05, 3.63) is 29.8 Å². The summed E-state index contributed by atoms with van der Waals surface area (Å²) in [6, 6.07) is 7.16. The highest BCUT2D eigenvalue weighted by Crippen LogP contribution is 2.38. The second-order valence-corrected chi connectivity index (χ2v) is 4.21. The number of thioether (sulfide) groups is 1. The van der Waals surface area contributed by atoms with Crippen molar-refractivity contribution >= 4 is 22.8 Å². The number of aliphatic carboxylic acids is 1. The van der Waals surface area contributed by atoms with E-state index in [2.05, 4.69) is 0 Å². The Balaban J connectivity index is 2.48. The summed E-state index contributed by atoms with van der Waals surface area (Å²) in [7, 11) is 0. The van der Waals surface area contributed by atoms with Crippen LogP contribution in [0.1, 0.15) is 17.9 Å². The predicted molar refractivity (Wildman–Crippen MR) is 52.3 cm³/mol. The SMILES string of the molecule is O=C1CC(C(=O)O)c2ccccc2S1. The fourth-order valence-corrected chi connectivity index (χ4v) is 2.49. The molecule has 1 aromatic rings. The largest absolute Gasteiger partial charge is 0.481 e. The van der Waals surface area contributed by atoms with Gasteiger partial charge in [-0.3, -0.25) is 9.59 Å². The maximum absolute atomic E-state index is 11.2. The zero-order chi connectivity index (χ0) is 10.1. The zero-order valence-electron chi connectivity index (χ0n) is 7.27. The van der Waals surface area contributed by atoms with E-state index >= 15 is 0 Å². The van der Waals surface area contributed by atoms with Gasteiger partial charge in [-0.15, -0.1) is 0 Å². The standard InChI is InChI=1S/C10H8O3S/c11-9-5-7(10(12)13)6-3-1-2-4-8(6)14-9/h1-4,7H,5H2,(H,12,13). The van der Waals surface area contributed by atoms with E-state index in [0.29, 0.717) is 0 Å². The molecule has 0 radical (unpaired) electrons. The molecule has 1 aromatic carbocycles. The smallest absolute Gasteiger partial charge is 0.311 e. The van der Waals surface area contributed by atoms with E-state index in [9.17, 15) is 9.59 Å². The zero-order valence-corrected chi connectivity index (χ0v) is 8.08. The molecule has 3 nitrogen and oxygen atoms in total. The topological polar surface area (TPSA) is 54.4 Å². The van der Waals surface area contributed by atoms with E-state index in [1.807, 2.05) is 6.07 Å². The molecule has 1 heterocycles. The van der Waals surface area contributed by atoms with Crippen LogP contribution in [-0.2, 0) is 9.59 Å². The summed E-state index contributed by atoms with van der Waals surface area (Å²) in [5.41, 5.74) is 0.754. The highest BCUT2D eigenvalue weighted by molar-refractivity contribution is 8.13. The van der Waals surface area contributed by atoms with Gasteiger partial charge in [-0.25, -0.2) is 0 Å². The minimum Gasteiger partial charge on any atom is -0.481 e. The molecule has 14 heavy (non-hydrogen) atoms. The Morgan fingerprint density at radius 1 is 1.43 bits per heavy atom. The quantitative estimate of drug-likeness (QED) is 0.765. The molecule has 0 saturated carbocycles. The van der Waals surface area contributed by atoms with E-state index in [1.165, 1.54) is 0 Å². The van der Waals surface area contributed by atoms with Crippen molar-refractivity contribution in [2.24, 2.45) is 0 Å². The van der Waals surface area contributed by atoms with Gasteiger partial charge < -0.3 is 5.11 Å². The lowest BCUT2D eigenvalue weighted by Crippen LogP contribution is -2.19. The first-order chi connectivity index (χ1) is 6.68. The summed E-state index contributed by atoms with van der Waals surface area (Å²) in [6.07, 6.45) is 0.0943. The van der Waals surface area contributed by atoms with Gasteiger partial charge in [0, 0.05) is 11.3 Å². The molecular formula is C10H8O3S. The summed E-state index contributed by atoms with van der Waals surface area (Å²) >= 11 is 1.13. The van der Waals surface area contributed by atoms with Crippen molar-refractivity contribution in [2.45, 2.75) is 17.2 Å². The summed E-state index contributed by atoms with van der Waals surface area (Å²) in [4.78, 5) is 22.9. The van der Waals surface area contributed by atoms with Crippen molar-refractivity contribution in [1.82, 2.24) is 0 Å². The molecule has 1 aliphatic heterocycles. The first-order valence-electron chi connectivity index (χ1n) is 4.21. The number of hydrogen-bond acceptors (Lipinski definition) is 3. The number of carbonyl (C=O) groups excluding carboxylic acids is 1. The van der Waals surface area contributed by atoms with Crippen LogP contribution in [0.4, 0.5) is 0 Å². The van der Waals surface area contributed by atoms with E-state index in [0.717, 1.165) is 22.2 Å². The minimum atomic E-state index is -0.925. The van der Waals surface area contributed by atoms with Crippen molar-refractivity contribution in [1.29, 1.82) is 0 Å². The number of hydrogen-bond donors (Lipinski definition) is 1. The van der Waals surface area contributed by atoms with E-state index in [-0.39, 0.29) is 11.5 Å². The van der Waals surface area contributed by atoms with E-state index < -0.39 is 11.9 Å². The lowest BCUT2D eigenvalue weighted by molar-refractivity contribution is -0.140. The summed E-state index contributed by atoms with van der Waals surface area (Å²) in [5.74, 6) is -1.59. The van der Waals surface area contributed by atoms with Crippen LogP contribution in [0.5, 0.6) is 0 Å². The van der Waals surface area contributed by atoms with Crippen LogP contribution < -0.4 is 0 Å². The molecule has 1 unspecified atom stereocenters. The summed E-state index contributed by atoms with van der Waals surface area (Å²) < 4.78 is 0. The van der Waals surface area contributed by atoms with Crippen LogP contribution in [0, 0.1) is 0 Å². The van der Waals surface area contributed by atoms with Gasteiger partial charge in [0.25, 0.3) is 0 Å². The van der Waals surface area contributed by atoms with Gasteiger partial charge >= 0.3 is 5.97 Å². The van der Waals surface area contributed by atoms with Gasteiger partial charge in [0.05, 0.1) is 5.92 Å². The van der Waals surface area contributed by atoms with Crippen LogP contribution in [0.3, 0.4) is 0 Å². The normalized spacial score (nSPS) is 20.3. The van der Waals surface area contributed by atoms with Crippen LogP contribution in [0.15, 0.2) is 29.2 Å². The Kier molecular flexibility index (Phi) is 2.29. The highest BCUT2D eigenvalue weighted by Gasteiger charge is 2.30.